The molecule has 3 aromatic rings. The van der Waals surface area contributed by atoms with Crippen LogP contribution in [-0.4, -0.2) is 53.0 Å². The normalized spacial score (nSPS) is 30.0. The van der Waals surface area contributed by atoms with Crippen LogP contribution in [0.2, 0.25) is 0 Å². The van der Waals surface area contributed by atoms with Crippen molar-refractivity contribution in [2.24, 2.45) is 0 Å². The molecule has 0 spiro atoms. The van der Waals surface area contributed by atoms with Crippen molar-refractivity contribution < 1.29 is 27.3 Å². The lowest BCUT2D eigenvalue weighted by Gasteiger charge is -2.46. The molecule has 1 saturated heterocycles. The van der Waals surface area contributed by atoms with Crippen LogP contribution in [0.1, 0.15) is 31.1 Å². The Morgan fingerprint density at radius 2 is 2.07 bits per heavy atom. The summed E-state index contributed by atoms with van der Waals surface area (Å²) in [5.41, 5.74) is 1.58. The molecule has 0 aliphatic carbocycles. The van der Waals surface area contributed by atoms with Crippen molar-refractivity contribution in [2.45, 2.75) is 18.5 Å². The summed E-state index contributed by atoms with van der Waals surface area (Å²) in [5, 5.41) is 0.744. The maximum absolute atomic E-state index is 13.4. The summed E-state index contributed by atoms with van der Waals surface area (Å²) in [4.78, 5) is 32.2. The number of nitrogens with one attached hydrogen (secondary N) is 1. The van der Waals surface area contributed by atoms with E-state index in [2.05, 4.69) is 4.98 Å². The Morgan fingerprint density at radius 1 is 1.24 bits per heavy atom. The molecule has 4 heterocycles. The van der Waals surface area contributed by atoms with Gasteiger partial charge in [-0.25, -0.2) is 0 Å². The maximum atomic E-state index is 13.4. The van der Waals surface area contributed by atoms with Crippen LogP contribution in [0.3, 0.4) is 0 Å². The molecule has 1 aromatic heterocycles. The molecule has 7 nitrogen and oxygen atoms in total. The fourth-order valence-corrected chi connectivity index (χ4v) is 4.28. The summed E-state index contributed by atoms with van der Waals surface area (Å²) in [7, 11) is 1.45. The summed E-state index contributed by atoms with van der Waals surface area (Å²) in [6.45, 7) is -2.91. The van der Waals surface area contributed by atoms with Crippen LogP contribution in [0, 0.1) is 0 Å². The monoisotopic (exact) mass is 395 g/mol. The van der Waals surface area contributed by atoms with E-state index in [1.165, 1.54) is 11.9 Å². The minimum absolute atomic E-state index is 0.0980. The molecule has 1 N–H and O–H groups in total. The first-order valence-electron chi connectivity index (χ1n) is 12.1. The summed E-state index contributed by atoms with van der Waals surface area (Å²) < 4.78 is 60.8. The molecular formula is C22H19N3O4. The Hall–Kier alpha value is -3.48. The highest BCUT2D eigenvalue weighted by Gasteiger charge is 2.47. The molecule has 3 aliphatic heterocycles. The Kier molecular flexibility index (Phi) is 2.29. The maximum Gasteiger partial charge on any atom is 0.245 e. The first-order valence-corrected chi connectivity index (χ1v) is 9.13. The number of para-hydroxylation sites is 1. The van der Waals surface area contributed by atoms with Gasteiger partial charge < -0.3 is 24.3 Å². The summed E-state index contributed by atoms with van der Waals surface area (Å²) in [6, 6.07) is 2.52. The Balaban J connectivity index is 1.69. The number of piperazine rings is 1. The molecule has 29 heavy (non-hydrogen) atoms. The van der Waals surface area contributed by atoms with Crippen LogP contribution in [0.4, 0.5) is 0 Å². The van der Waals surface area contributed by atoms with E-state index in [9.17, 15) is 11.0 Å². The van der Waals surface area contributed by atoms with E-state index in [4.69, 9.17) is 16.3 Å². The topological polar surface area (TPSA) is 74.9 Å². The molecule has 1 fully saturated rings. The zero-order chi connectivity index (χ0) is 25.0. The van der Waals surface area contributed by atoms with Gasteiger partial charge in [0.05, 0.1) is 18.1 Å². The lowest BCUT2D eigenvalue weighted by atomic mass is 9.86. The van der Waals surface area contributed by atoms with Gasteiger partial charge in [-0.15, -0.1) is 0 Å². The molecule has 146 valence electrons. The lowest BCUT2D eigenvalue weighted by molar-refractivity contribution is -0.157. The molecule has 0 saturated carbocycles. The third kappa shape index (κ3) is 2.24. The number of carbonyl (C=O) groups is 2. The highest BCUT2D eigenvalue weighted by atomic mass is 16.7. The standard InChI is InChI=1S/C22H19N3O4/c1-24-10-19(26)25-16(22(24)27)9-14-13-4-2-3-5-15(13)23-20(14)21(25)12-6-7-17-18(8-12)29-11-28-17/h2-8,16,21,23H,9-11H2,1H3/t16-,21?/m1/s1/i6D,7D,8D,11D2,16D. The largest absolute Gasteiger partial charge is 0.454 e. The molecule has 2 atom stereocenters. The highest BCUT2D eigenvalue weighted by molar-refractivity contribution is 5.97. The predicted octanol–water partition coefficient (Wildman–Crippen LogP) is 2.21. The second-order valence-electron chi connectivity index (χ2n) is 7.25. The number of carbonyl (C=O) groups excluding carboxylic acids is 2. The zero-order valence-corrected chi connectivity index (χ0v) is 15.3. The van der Waals surface area contributed by atoms with E-state index >= 15 is 0 Å². The SMILES string of the molecule is [2H]c1c([2H])c(C2c3[nH]c4ccccc4c3C[C@]3([2H])C(=O)N(C)CC(=O)N23)c([2H])c2c1OC([2H])([2H])O2. The van der Waals surface area contributed by atoms with E-state index in [0.29, 0.717) is 16.8 Å². The number of hydrogen-bond acceptors (Lipinski definition) is 4. The van der Waals surface area contributed by atoms with Gasteiger partial charge in [0.25, 0.3) is 0 Å². The van der Waals surface area contributed by atoms with Crippen molar-refractivity contribution in [2.75, 3.05) is 20.3 Å². The number of aromatic nitrogens is 1. The number of aromatic amines is 1. The van der Waals surface area contributed by atoms with Gasteiger partial charge in [-0.05, 0) is 29.3 Å². The van der Waals surface area contributed by atoms with Crippen LogP contribution >= 0.6 is 0 Å². The highest BCUT2D eigenvalue weighted by Crippen LogP contribution is 2.44. The molecule has 0 bridgehead atoms. The quantitative estimate of drug-likeness (QED) is 0.686. The van der Waals surface area contributed by atoms with Gasteiger partial charge in [0.1, 0.15) is 8.76 Å². The molecule has 2 amide bonds. The first-order chi connectivity index (χ1) is 16.4. The number of likely N-dealkylation sites (N-methyl/N-ethyl adjacent to an activating group) is 1. The van der Waals surface area contributed by atoms with Crippen molar-refractivity contribution in [1.29, 1.82) is 0 Å². The van der Waals surface area contributed by atoms with Crippen molar-refractivity contribution >= 4 is 22.7 Å². The van der Waals surface area contributed by atoms with Crippen molar-refractivity contribution in [3.05, 3.63) is 59.2 Å². The molecule has 3 aliphatic rings. The van der Waals surface area contributed by atoms with Gasteiger partial charge in [0.15, 0.2) is 11.5 Å². The van der Waals surface area contributed by atoms with Crippen LogP contribution in [-0.2, 0) is 16.0 Å². The van der Waals surface area contributed by atoms with Crippen molar-refractivity contribution in [3.8, 4) is 11.5 Å². The van der Waals surface area contributed by atoms with E-state index in [1.807, 2.05) is 24.3 Å². The van der Waals surface area contributed by atoms with Crippen LogP contribution in [0.25, 0.3) is 10.9 Å². The van der Waals surface area contributed by atoms with Gasteiger partial charge in [-0.2, -0.15) is 0 Å². The van der Waals surface area contributed by atoms with Crippen LogP contribution in [0.15, 0.2) is 42.4 Å². The van der Waals surface area contributed by atoms with E-state index in [-0.39, 0.29) is 30.0 Å². The summed E-state index contributed by atoms with van der Waals surface area (Å²) >= 11 is 0. The lowest BCUT2D eigenvalue weighted by Crippen LogP contribution is -2.62. The second kappa shape index (κ2) is 5.76. The Morgan fingerprint density at radius 3 is 2.97 bits per heavy atom. The molecular weight excluding hydrogens is 370 g/mol. The Labute approximate surface area is 175 Å². The summed E-state index contributed by atoms with van der Waals surface area (Å²) in [5.74, 6) is -1.88. The smallest absolute Gasteiger partial charge is 0.245 e. The van der Waals surface area contributed by atoms with E-state index < -0.39 is 48.7 Å². The van der Waals surface area contributed by atoms with E-state index in [0.717, 1.165) is 10.3 Å². The predicted molar refractivity (Wildman–Crippen MR) is 105 cm³/mol. The number of fused-ring (bicyclic) bond motifs is 5. The second-order valence-corrected chi connectivity index (χ2v) is 7.25. The van der Waals surface area contributed by atoms with Gasteiger partial charge in [0.2, 0.25) is 18.6 Å². The van der Waals surface area contributed by atoms with Gasteiger partial charge in [0, 0.05) is 30.1 Å². The number of amides is 2. The third-order valence-corrected chi connectivity index (χ3v) is 5.57. The molecule has 7 heteroatoms. The molecule has 2 aromatic carbocycles. The third-order valence-electron chi connectivity index (χ3n) is 5.57. The fourth-order valence-electron chi connectivity index (χ4n) is 4.28. The molecule has 6 rings (SSSR count). The minimum Gasteiger partial charge on any atom is -0.454 e. The Bertz CT molecular complexity index is 1470. The number of ether oxygens (including phenoxy) is 2. The first kappa shape index (κ1) is 11.5. The average molecular weight is 395 g/mol. The van der Waals surface area contributed by atoms with E-state index in [1.54, 1.807) is 0 Å². The molecule has 1 unspecified atom stereocenters. The van der Waals surface area contributed by atoms with Gasteiger partial charge >= 0.3 is 0 Å². The summed E-state index contributed by atoms with van der Waals surface area (Å²) in [6.07, 6.45) is -0.0980. The van der Waals surface area contributed by atoms with Crippen molar-refractivity contribution in [1.82, 2.24) is 14.8 Å². The zero-order valence-electron chi connectivity index (χ0n) is 21.3. The van der Waals surface area contributed by atoms with Gasteiger partial charge in [-0.3, -0.25) is 9.59 Å². The molecule has 0 radical (unpaired) electrons. The number of hydrogen-bond donors (Lipinski definition) is 1. The van der Waals surface area contributed by atoms with Crippen LogP contribution in [0.5, 0.6) is 11.5 Å². The van der Waals surface area contributed by atoms with Crippen LogP contribution < -0.4 is 9.47 Å². The van der Waals surface area contributed by atoms with Crippen molar-refractivity contribution in [3.63, 3.8) is 0 Å². The fraction of sp³-hybridized carbons (Fsp3) is 0.273. The number of rotatable bonds is 1. The minimum atomic E-state index is -2.63. The average Bonchev–Trinajstić information content (AvgIpc) is 3.33. The van der Waals surface area contributed by atoms with Gasteiger partial charge in [-0.1, -0.05) is 24.2 Å². The number of nitrogens with zero attached hydrogens (tertiary/aromatic N) is 2. The number of H-pyrrole nitrogens is 1. The number of benzene rings is 2.